The van der Waals surface area contributed by atoms with E-state index in [2.05, 4.69) is 4.99 Å². The van der Waals surface area contributed by atoms with E-state index in [-0.39, 0.29) is 23.2 Å². The van der Waals surface area contributed by atoms with Crippen molar-refractivity contribution in [3.8, 4) is 0 Å². The summed E-state index contributed by atoms with van der Waals surface area (Å²) in [5.74, 6) is -1.71. The van der Waals surface area contributed by atoms with Crippen molar-refractivity contribution >= 4 is 17.5 Å². The van der Waals surface area contributed by atoms with Gasteiger partial charge in [-0.15, -0.1) is 0 Å². The maximum Gasteiger partial charge on any atom is 0.316 e. The molecule has 0 aromatic heterocycles. The Balaban J connectivity index is 3.49. The topological polar surface area (TPSA) is 76.0 Å². The standard InChI is InChI=1S/C17H27NO4/c1-7-8-12(19)13-11(18-10(2)3)9-17(4,5)14(15(13)20)16(21)22-6/h10,14,20H,7-9H2,1-6H3/t14-/m0/s1. The highest BCUT2D eigenvalue weighted by Crippen LogP contribution is 2.43. The van der Waals surface area contributed by atoms with Crippen LogP contribution in [0.3, 0.4) is 0 Å². The van der Waals surface area contributed by atoms with E-state index < -0.39 is 17.3 Å². The molecule has 0 bridgehead atoms. The van der Waals surface area contributed by atoms with Crippen LogP contribution in [0.2, 0.25) is 0 Å². The minimum Gasteiger partial charge on any atom is -0.511 e. The largest absolute Gasteiger partial charge is 0.511 e. The third-order valence-corrected chi connectivity index (χ3v) is 3.83. The Bertz CT molecular complexity index is 515. The smallest absolute Gasteiger partial charge is 0.316 e. The minimum absolute atomic E-state index is 0.0118. The molecule has 0 aromatic carbocycles. The van der Waals surface area contributed by atoms with Crippen molar-refractivity contribution in [2.24, 2.45) is 16.3 Å². The number of carbonyl (C=O) groups excluding carboxylic acids is 2. The molecule has 5 nitrogen and oxygen atoms in total. The number of esters is 1. The van der Waals surface area contributed by atoms with E-state index in [4.69, 9.17) is 4.74 Å². The van der Waals surface area contributed by atoms with E-state index in [1.165, 1.54) is 7.11 Å². The molecule has 22 heavy (non-hydrogen) atoms. The first-order chi connectivity index (χ1) is 10.2. The molecule has 0 aromatic rings. The maximum absolute atomic E-state index is 12.4. The van der Waals surface area contributed by atoms with Crippen molar-refractivity contribution in [3.63, 3.8) is 0 Å². The molecule has 124 valence electrons. The molecule has 0 radical (unpaired) electrons. The third kappa shape index (κ3) is 3.76. The Morgan fingerprint density at radius 2 is 2.00 bits per heavy atom. The number of carbonyl (C=O) groups is 2. The Morgan fingerprint density at radius 3 is 2.45 bits per heavy atom. The van der Waals surface area contributed by atoms with Crippen LogP contribution in [0.1, 0.15) is 53.9 Å². The monoisotopic (exact) mass is 309 g/mol. The van der Waals surface area contributed by atoms with Crippen LogP contribution in [0, 0.1) is 11.3 Å². The average molecular weight is 309 g/mol. The fourth-order valence-corrected chi connectivity index (χ4v) is 2.91. The van der Waals surface area contributed by atoms with Crippen LogP contribution < -0.4 is 0 Å². The highest BCUT2D eigenvalue weighted by atomic mass is 16.5. The van der Waals surface area contributed by atoms with Crippen LogP contribution in [-0.4, -0.2) is 35.7 Å². The van der Waals surface area contributed by atoms with Crippen LogP contribution in [0.15, 0.2) is 16.3 Å². The summed E-state index contributed by atoms with van der Waals surface area (Å²) in [4.78, 5) is 29.0. The summed E-state index contributed by atoms with van der Waals surface area (Å²) in [7, 11) is 1.29. The number of aliphatic imine (C=N–C) groups is 1. The third-order valence-electron chi connectivity index (χ3n) is 3.83. The number of aliphatic hydroxyl groups is 1. The first kappa shape index (κ1) is 18.4. The SMILES string of the molecule is CCCC(=O)C1=C(O)[C@@H](C(=O)OC)C(C)(C)CC1=NC(C)C. The van der Waals surface area contributed by atoms with Crippen molar-refractivity contribution in [1.29, 1.82) is 0 Å². The zero-order chi connectivity index (χ0) is 17.1. The van der Waals surface area contributed by atoms with Gasteiger partial charge in [-0.05, 0) is 32.1 Å². The number of ether oxygens (including phenoxy) is 1. The second-order valence-electron chi connectivity index (χ2n) is 6.72. The number of hydrogen-bond donors (Lipinski definition) is 1. The van der Waals surface area contributed by atoms with Crippen LogP contribution >= 0.6 is 0 Å². The molecular formula is C17H27NO4. The van der Waals surface area contributed by atoms with Crippen molar-refractivity contribution in [1.82, 2.24) is 0 Å². The van der Waals surface area contributed by atoms with Gasteiger partial charge in [0.25, 0.3) is 0 Å². The number of aliphatic hydroxyl groups excluding tert-OH is 1. The summed E-state index contributed by atoms with van der Waals surface area (Å²) in [6.45, 7) is 9.50. The molecule has 0 saturated carbocycles. The molecule has 0 saturated heterocycles. The van der Waals surface area contributed by atoms with E-state index in [0.29, 0.717) is 25.0 Å². The number of hydrogen-bond acceptors (Lipinski definition) is 5. The molecule has 0 unspecified atom stereocenters. The quantitative estimate of drug-likeness (QED) is 0.791. The van der Waals surface area contributed by atoms with Gasteiger partial charge >= 0.3 is 5.97 Å². The van der Waals surface area contributed by atoms with Crippen LogP contribution in [0.4, 0.5) is 0 Å². The van der Waals surface area contributed by atoms with E-state index in [9.17, 15) is 14.7 Å². The van der Waals surface area contributed by atoms with Gasteiger partial charge in [0.2, 0.25) is 0 Å². The zero-order valence-electron chi connectivity index (χ0n) is 14.4. The molecule has 1 aliphatic rings. The van der Waals surface area contributed by atoms with Gasteiger partial charge in [0.05, 0.1) is 12.7 Å². The molecule has 1 aliphatic carbocycles. The number of Topliss-reactive ketones (excluding diaryl/α,β-unsaturated/α-hetero) is 1. The lowest BCUT2D eigenvalue weighted by molar-refractivity contribution is -0.149. The Labute approximate surface area is 132 Å². The molecule has 5 heteroatoms. The van der Waals surface area contributed by atoms with Crippen molar-refractivity contribution in [3.05, 3.63) is 11.3 Å². The molecule has 1 atom stereocenters. The van der Waals surface area contributed by atoms with Gasteiger partial charge in [-0.2, -0.15) is 0 Å². The van der Waals surface area contributed by atoms with E-state index in [1.807, 2.05) is 34.6 Å². The molecular weight excluding hydrogens is 282 g/mol. The Kier molecular flexibility index (Phi) is 5.92. The Morgan fingerprint density at radius 1 is 1.41 bits per heavy atom. The first-order valence-electron chi connectivity index (χ1n) is 7.76. The number of allylic oxidation sites excluding steroid dienone is 1. The zero-order valence-corrected chi connectivity index (χ0v) is 14.4. The summed E-state index contributed by atoms with van der Waals surface area (Å²) in [5, 5.41) is 10.6. The number of ketones is 1. The lowest BCUT2D eigenvalue weighted by Crippen LogP contribution is -2.42. The second-order valence-corrected chi connectivity index (χ2v) is 6.72. The summed E-state index contributed by atoms with van der Waals surface area (Å²) in [5.41, 5.74) is 0.252. The van der Waals surface area contributed by atoms with Crippen molar-refractivity contribution < 1.29 is 19.4 Å². The van der Waals surface area contributed by atoms with Gasteiger partial charge in [-0.1, -0.05) is 20.8 Å². The number of methoxy groups -OCH3 is 1. The maximum atomic E-state index is 12.4. The fraction of sp³-hybridized carbons (Fsp3) is 0.706. The van der Waals surface area contributed by atoms with Crippen molar-refractivity contribution in [2.75, 3.05) is 7.11 Å². The minimum atomic E-state index is -0.834. The van der Waals surface area contributed by atoms with Gasteiger partial charge in [-0.3, -0.25) is 14.6 Å². The summed E-state index contributed by atoms with van der Waals surface area (Å²) in [6.07, 6.45) is 1.46. The lowest BCUT2D eigenvalue weighted by atomic mass is 9.67. The van der Waals surface area contributed by atoms with Crippen LogP contribution in [0.5, 0.6) is 0 Å². The van der Waals surface area contributed by atoms with E-state index >= 15 is 0 Å². The molecule has 1 N–H and O–H groups in total. The number of nitrogens with zero attached hydrogens (tertiary/aromatic N) is 1. The molecule has 0 heterocycles. The van der Waals surface area contributed by atoms with Gasteiger partial charge in [0.15, 0.2) is 5.78 Å². The highest BCUT2D eigenvalue weighted by molar-refractivity contribution is 6.24. The molecule has 0 aliphatic heterocycles. The normalized spacial score (nSPS) is 23.0. The fourth-order valence-electron chi connectivity index (χ4n) is 2.91. The number of rotatable bonds is 5. The predicted octanol–water partition coefficient (Wildman–Crippen LogP) is 3.24. The van der Waals surface area contributed by atoms with E-state index in [0.717, 1.165) is 0 Å². The van der Waals surface area contributed by atoms with Crippen LogP contribution in [0.25, 0.3) is 0 Å². The summed E-state index contributed by atoms with van der Waals surface area (Å²) >= 11 is 0. The highest BCUT2D eigenvalue weighted by Gasteiger charge is 2.47. The second kappa shape index (κ2) is 7.07. The first-order valence-corrected chi connectivity index (χ1v) is 7.76. The molecule has 0 spiro atoms. The van der Waals surface area contributed by atoms with Crippen LogP contribution in [-0.2, 0) is 14.3 Å². The van der Waals surface area contributed by atoms with Crippen molar-refractivity contribution in [2.45, 2.75) is 59.9 Å². The van der Waals surface area contributed by atoms with Gasteiger partial charge in [0.1, 0.15) is 11.7 Å². The molecule has 1 rings (SSSR count). The summed E-state index contributed by atoms with van der Waals surface area (Å²) < 4.78 is 4.82. The Hall–Kier alpha value is -1.65. The summed E-state index contributed by atoms with van der Waals surface area (Å²) in [6, 6.07) is 0.0118. The predicted molar refractivity (Wildman–Crippen MR) is 86.0 cm³/mol. The van der Waals surface area contributed by atoms with Gasteiger partial charge < -0.3 is 9.84 Å². The van der Waals surface area contributed by atoms with E-state index in [1.54, 1.807) is 0 Å². The van der Waals surface area contributed by atoms with Gasteiger partial charge in [0, 0.05) is 18.2 Å². The molecule has 0 amide bonds. The lowest BCUT2D eigenvalue weighted by Gasteiger charge is -2.37. The average Bonchev–Trinajstić information content (AvgIpc) is 2.36. The van der Waals surface area contributed by atoms with Gasteiger partial charge in [-0.25, -0.2) is 0 Å². The molecule has 0 fully saturated rings.